The van der Waals surface area contributed by atoms with Gasteiger partial charge in [-0.1, -0.05) is 49.1 Å². The maximum absolute atomic E-state index is 13.2. The lowest BCUT2D eigenvalue weighted by Gasteiger charge is -2.35. The van der Waals surface area contributed by atoms with Gasteiger partial charge in [-0.25, -0.2) is 0 Å². The van der Waals surface area contributed by atoms with Gasteiger partial charge in [-0.15, -0.1) is 0 Å². The zero-order valence-corrected chi connectivity index (χ0v) is 22.0. The molecule has 0 saturated carbocycles. The van der Waals surface area contributed by atoms with E-state index in [9.17, 15) is 9.59 Å². The van der Waals surface area contributed by atoms with E-state index in [1.54, 1.807) is 0 Å². The van der Waals surface area contributed by atoms with Gasteiger partial charge < -0.3 is 9.80 Å². The van der Waals surface area contributed by atoms with E-state index in [2.05, 4.69) is 40.7 Å². The van der Waals surface area contributed by atoms with Gasteiger partial charge in [-0.05, 0) is 60.7 Å². The number of likely N-dealkylation sites (tertiary alicyclic amines) is 1. The van der Waals surface area contributed by atoms with Crippen LogP contribution in [0.4, 0.5) is 0 Å². The second kappa shape index (κ2) is 11.6. The highest BCUT2D eigenvalue weighted by Gasteiger charge is 2.26. The first kappa shape index (κ1) is 25.7. The molecule has 1 N–H and O–H groups in total. The number of benzene rings is 2. The molecule has 0 radical (unpaired) electrons. The van der Waals surface area contributed by atoms with E-state index >= 15 is 0 Å². The SMILES string of the molecule is C=C(/C=C\c1cc(-c2ccccc2C)n[nH]1)c1cccc(C(=O)N2CCN(CC(=O)N3CCCC3)CC2)c1. The van der Waals surface area contributed by atoms with Gasteiger partial charge in [0.25, 0.3) is 5.91 Å². The fourth-order valence-corrected chi connectivity index (χ4v) is 5.11. The Morgan fingerprint density at radius 2 is 1.66 bits per heavy atom. The number of rotatable bonds is 7. The van der Waals surface area contributed by atoms with Crippen LogP contribution < -0.4 is 0 Å². The standard InChI is InChI=1S/C31H35N5O2/c1-23(12-13-27-21-29(33-32-27)28-11-4-3-8-24(28)2)25-9-7-10-26(20-25)31(38)36-18-16-34(17-19-36)22-30(37)35-14-5-6-15-35/h3-4,7-13,20-21H,1,5-6,14-19,22H2,2H3,(H,32,33)/b13-12-. The molecule has 38 heavy (non-hydrogen) atoms. The average molecular weight is 510 g/mol. The van der Waals surface area contributed by atoms with Gasteiger partial charge in [0, 0.05) is 50.4 Å². The number of aromatic nitrogens is 2. The fraction of sp³-hybridized carbons (Fsp3) is 0.323. The van der Waals surface area contributed by atoms with Crippen molar-refractivity contribution in [3.63, 3.8) is 0 Å². The molecule has 2 aliphatic heterocycles. The highest BCUT2D eigenvalue weighted by molar-refractivity contribution is 5.95. The van der Waals surface area contributed by atoms with Crippen molar-refractivity contribution < 1.29 is 9.59 Å². The first-order valence-corrected chi connectivity index (χ1v) is 13.4. The first-order valence-electron chi connectivity index (χ1n) is 13.4. The number of carbonyl (C=O) groups excluding carboxylic acids is 2. The second-order valence-electron chi connectivity index (χ2n) is 10.1. The zero-order valence-electron chi connectivity index (χ0n) is 22.0. The summed E-state index contributed by atoms with van der Waals surface area (Å²) in [6.07, 6.45) is 6.10. The van der Waals surface area contributed by atoms with Crippen LogP contribution in [0.5, 0.6) is 0 Å². The van der Waals surface area contributed by atoms with Crippen LogP contribution in [0.25, 0.3) is 22.9 Å². The van der Waals surface area contributed by atoms with Crippen molar-refractivity contribution >= 4 is 23.5 Å². The van der Waals surface area contributed by atoms with E-state index < -0.39 is 0 Å². The van der Waals surface area contributed by atoms with Crippen molar-refractivity contribution in [2.75, 3.05) is 45.8 Å². The second-order valence-corrected chi connectivity index (χ2v) is 10.1. The third-order valence-corrected chi connectivity index (χ3v) is 7.44. The zero-order chi connectivity index (χ0) is 26.5. The molecule has 5 rings (SSSR count). The number of allylic oxidation sites excluding steroid dienone is 2. The van der Waals surface area contributed by atoms with Crippen LogP contribution in [0.2, 0.25) is 0 Å². The topological polar surface area (TPSA) is 72.5 Å². The van der Waals surface area contributed by atoms with Crippen LogP contribution in [0.15, 0.2) is 67.3 Å². The maximum Gasteiger partial charge on any atom is 0.253 e. The van der Waals surface area contributed by atoms with Gasteiger partial charge in [0.2, 0.25) is 5.91 Å². The Labute approximate surface area is 224 Å². The summed E-state index contributed by atoms with van der Waals surface area (Å²) in [5.41, 5.74) is 6.45. The minimum atomic E-state index is 0.0191. The predicted octanol–water partition coefficient (Wildman–Crippen LogP) is 4.49. The molecule has 2 aliphatic rings. The summed E-state index contributed by atoms with van der Waals surface area (Å²) in [5.74, 6) is 0.230. The Kier molecular flexibility index (Phi) is 7.84. The predicted molar refractivity (Wildman–Crippen MR) is 151 cm³/mol. The molecule has 0 bridgehead atoms. The largest absolute Gasteiger partial charge is 0.342 e. The lowest BCUT2D eigenvalue weighted by Crippen LogP contribution is -2.51. The fourth-order valence-electron chi connectivity index (χ4n) is 5.11. The molecule has 3 aromatic rings. The Hall–Kier alpha value is -3.97. The van der Waals surface area contributed by atoms with Gasteiger partial charge >= 0.3 is 0 Å². The van der Waals surface area contributed by atoms with E-state index in [0.717, 1.165) is 67.1 Å². The summed E-state index contributed by atoms with van der Waals surface area (Å²) >= 11 is 0. The van der Waals surface area contributed by atoms with Crippen molar-refractivity contribution in [1.29, 1.82) is 0 Å². The number of nitrogens with one attached hydrogen (secondary N) is 1. The third kappa shape index (κ3) is 5.94. The van der Waals surface area contributed by atoms with E-state index in [-0.39, 0.29) is 11.8 Å². The maximum atomic E-state index is 13.2. The molecule has 0 unspecified atom stereocenters. The molecule has 2 aromatic carbocycles. The molecule has 2 saturated heterocycles. The molecule has 7 heteroatoms. The molecule has 0 spiro atoms. The van der Waals surface area contributed by atoms with Gasteiger partial charge in [0.15, 0.2) is 0 Å². The van der Waals surface area contributed by atoms with Crippen molar-refractivity contribution in [2.45, 2.75) is 19.8 Å². The van der Waals surface area contributed by atoms with Crippen LogP contribution in [-0.4, -0.2) is 82.5 Å². The van der Waals surface area contributed by atoms with Crippen LogP contribution >= 0.6 is 0 Å². The lowest BCUT2D eigenvalue weighted by molar-refractivity contribution is -0.131. The molecular formula is C31H35N5O2. The number of aryl methyl sites for hydroxylation is 1. The number of hydrogen-bond acceptors (Lipinski definition) is 4. The Bertz CT molecular complexity index is 1340. The smallest absolute Gasteiger partial charge is 0.253 e. The molecule has 0 aliphatic carbocycles. The number of H-pyrrole nitrogens is 1. The van der Waals surface area contributed by atoms with Gasteiger partial charge in [0.05, 0.1) is 17.9 Å². The van der Waals surface area contributed by atoms with Crippen molar-refractivity contribution in [2.24, 2.45) is 0 Å². The highest BCUT2D eigenvalue weighted by Crippen LogP contribution is 2.23. The van der Waals surface area contributed by atoms with Crippen LogP contribution in [0.3, 0.4) is 0 Å². The Morgan fingerprint density at radius 3 is 2.42 bits per heavy atom. The molecule has 7 nitrogen and oxygen atoms in total. The average Bonchev–Trinajstić information content (AvgIpc) is 3.65. The van der Waals surface area contributed by atoms with Gasteiger partial charge in [0.1, 0.15) is 0 Å². The quantitative estimate of drug-likeness (QED) is 0.477. The normalized spacial score (nSPS) is 16.3. The molecular weight excluding hydrogens is 474 g/mol. The number of carbonyl (C=O) groups is 2. The minimum absolute atomic E-state index is 0.0191. The van der Waals surface area contributed by atoms with Crippen LogP contribution in [0, 0.1) is 6.92 Å². The van der Waals surface area contributed by atoms with E-state index in [1.807, 2.05) is 64.4 Å². The summed E-state index contributed by atoms with van der Waals surface area (Å²) in [5, 5.41) is 7.52. The molecule has 0 atom stereocenters. The third-order valence-electron chi connectivity index (χ3n) is 7.44. The highest BCUT2D eigenvalue weighted by atomic mass is 16.2. The summed E-state index contributed by atoms with van der Waals surface area (Å²) in [7, 11) is 0. The summed E-state index contributed by atoms with van der Waals surface area (Å²) in [6.45, 7) is 11.2. The van der Waals surface area contributed by atoms with Crippen molar-refractivity contribution in [3.05, 3.63) is 89.6 Å². The van der Waals surface area contributed by atoms with E-state index in [1.165, 1.54) is 5.56 Å². The Balaban J connectivity index is 1.17. The van der Waals surface area contributed by atoms with Crippen molar-refractivity contribution in [3.8, 4) is 11.3 Å². The minimum Gasteiger partial charge on any atom is -0.342 e. The number of hydrogen-bond donors (Lipinski definition) is 1. The molecule has 3 heterocycles. The summed E-state index contributed by atoms with van der Waals surface area (Å²) in [4.78, 5) is 31.7. The lowest BCUT2D eigenvalue weighted by atomic mass is 10.0. The monoisotopic (exact) mass is 509 g/mol. The van der Waals surface area contributed by atoms with Crippen LogP contribution in [0.1, 0.15) is 40.0 Å². The number of aromatic amines is 1. The molecule has 1 aromatic heterocycles. The summed E-state index contributed by atoms with van der Waals surface area (Å²) in [6, 6.07) is 17.8. The molecule has 2 amide bonds. The first-order chi connectivity index (χ1) is 18.5. The number of amides is 2. The summed E-state index contributed by atoms with van der Waals surface area (Å²) < 4.78 is 0. The molecule has 2 fully saturated rings. The van der Waals surface area contributed by atoms with Crippen LogP contribution in [-0.2, 0) is 4.79 Å². The van der Waals surface area contributed by atoms with E-state index in [0.29, 0.717) is 25.2 Å². The Morgan fingerprint density at radius 1 is 0.921 bits per heavy atom. The number of piperazine rings is 1. The molecule has 196 valence electrons. The van der Waals surface area contributed by atoms with Gasteiger partial charge in [-0.3, -0.25) is 19.6 Å². The van der Waals surface area contributed by atoms with Crippen molar-refractivity contribution in [1.82, 2.24) is 24.9 Å². The van der Waals surface area contributed by atoms with E-state index in [4.69, 9.17) is 0 Å². The number of nitrogens with zero attached hydrogens (tertiary/aromatic N) is 4. The van der Waals surface area contributed by atoms with Gasteiger partial charge in [-0.2, -0.15) is 5.10 Å².